The molecule has 0 aromatic heterocycles. The van der Waals surface area contributed by atoms with Gasteiger partial charge in [0.15, 0.2) is 0 Å². The van der Waals surface area contributed by atoms with Crippen LogP contribution in [0.2, 0.25) is 0 Å². The molecular formula is C14H28N2. The third-order valence-corrected chi connectivity index (χ3v) is 4.81. The molecule has 0 saturated heterocycles. The van der Waals surface area contributed by atoms with Crippen LogP contribution in [0.1, 0.15) is 52.4 Å². The molecule has 0 amide bonds. The van der Waals surface area contributed by atoms with E-state index in [1.165, 1.54) is 51.6 Å². The van der Waals surface area contributed by atoms with Gasteiger partial charge in [-0.3, -0.25) is 4.90 Å². The van der Waals surface area contributed by atoms with Crippen molar-refractivity contribution in [2.75, 3.05) is 19.6 Å². The summed E-state index contributed by atoms with van der Waals surface area (Å²) in [7, 11) is 0. The minimum absolute atomic E-state index is 0.351. The molecule has 94 valence electrons. The van der Waals surface area contributed by atoms with Gasteiger partial charge in [-0.2, -0.15) is 0 Å². The van der Waals surface area contributed by atoms with E-state index in [9.17, 15) is 0 Å². The zero-order chi connectivity index (χ0) is 11.6. The monoisotopic (exact) mass is 224 g/mol. The van der Waals surface area contributed by atoms with Gasteiger partial charge in [0.25, 0.3) is 0 Å². The molecule has 2 rings (SSSR count). The lowest BCUT2D eigenvalue weighted by molar-refractivity contribution is 0.0451. The lowest BCUT2D eigenvalue weighted by Crippen LogP contribution is -2.56. The molecule has 0 spiro atoms. The van der Waals surface area contributed by atoms with Crippen molar-refractivity contribution < 1.29 is 0 Å². The molecule has 0 aliphatic heterocycles. The molecule has 2 aliphatic rings. The largest absolute Gasteiger partial charge is 0.329 e. The minimum atomic E-state index is 0.351. The summed E-state index contributed by atoms with van der Waals surface area (Å²) in [5, 5.41) is 0. The maximum absolute atomic E-state index is 6.11. The zero-order valence-electron chi connectivity index (χ0n) is 11.0. The van der Waals surface area contributed by atoms with E-state index in [2.05, 4.69) is 18.7 Å². The number of likely N-dealkylation sites (N-methyl/N-ethyl adjacent to an activating group) is 1. The highest BCUT2D eigenvalue weighted by Gasteiger charge is 2.39. The van der Waals surface area contributed by atoms with Crippen LogP contribution in [0, 0.1) is 11.8 Å². The van der Waals surface area contributed by atoms with Crippen molar-refractivity contribution in [3.05, 3.63) is 0 Å². The molecular weight excluding hydrogens is 196 g/mol. The van der Waals surface area contributed by atoms with E-state index in [0.29, 0.717) is 5.54 Å². The van der Waals surface area contributed by atoms with Gasteiger partial charge in [-0.15, -0.1) is 0 Å². The van der Waals surface area contributed by atoms with E-state index in [0.717, 1.165) is 18.4 Å². The Kier molecular flexibility index (Phi) is 3.91. The third kappa shape index (κ3) is 2.60. The van der Waals surface area contributed by atoms with Crippen molar-refractivity contribution in [1.29, 1.82) is 0 Å². The van der Waals surface area contributed by atoms with Crippen LogP contribution < -0.4 is 5.73 Å². The summed E-state index contributed by atoms with van der Waals surface area (Å²) in [6.07, 6.45) is 8.30. The number of nitrogens with zero attached hydrogens (tertiary/aromatic N) is 1. The van der Waals surface area contributed by atoms with E-state index in [4.69, 9.17) is 5.73 Å². The predicted molar refractivity (Wildman–Crippen MR) is 69.4 cm³/mol. The fourth-order valence-corrected chi connectivity index (χ4v) is 3.22. The van der Waals surface area contributed by atoms with Crippen LogP contribution in [-0.4, -0.2) is 30.1 Å². The van der Waals surface area contributed by atoms with Crippen molar-refractivity contribution in [2.24, 2.45) is 17.6 Å². The van der Waals surface area contributed by atoms with Crippen LogP contribution in [0.4, 0.5) is 0 Å². The van der Waals surface area contributed by atoms with E-state index in [1.807, 2.05) is 0 Å². The number of rotatable bonds is 5. The van der Waals surface area contributed by atoms with Crippen molar-refractivity contribution in [3.8, 4) is 0 Å². The van der Waals surface area contributed by atoms with Crippen LogP contribution in [0.5, 0.6) is 0 Å². The Hall–Kier alpha value is -0.0800. The lowest BCUT2D eigenvalue weighted by atomic mass is 9.76. The summed E-state index contributed by atoms with van der Waals surface area (Å²) in [5.41, 5.74) is 6.47. The molecule has 0 atom stereocenters. The van der Waals surface area contributed by atoms with Gasteiger partial charge >= 0.3 is 0 Å². The fourth-order valence-electron chi connectivity index (χ4n) is 3.22. The second kappa shape index (κ2) is 5.05. The van der Waals surface area contributed by atoms with Gasteiger partial charge in [-0.1, -0.05) is 13.8 Å². The van der Waals surface area contributed by atoms with E-state index < -0.39 is 0 Å². The first-order valence-corrected chi connectivity index (χ1v) is 7.15. The minimum Gasteiger partial charge on any atom is -0.329 e. The van der Waals surface area contributed by atoms with Crippen LogP contribution in [0.15, 0.2) is 0 Å². The van der Waals surface area contributed by atoms with Crippen molar-refractivity contribution >= 4 is 0 Å². The summed E-state index contributed by atoms with van der Waals surface area (Å²) in [4.78, 5) is 2.70. The third-order valence-electron chi connectivity index (χ3n) is 4.81. The van der Waals surface area contributed by atoms with Crippen molar-refractivity contribution in [3.63, 3.8) is 0 Å². The first-order valence-electron chi connectivity index (χ1n) is 7.15. The number of hydrogen-bond acceptors (Lipinski definition) is 2. The van der Waals surface area contributed by atoms with Gasteiger partial charge in [0, 0.05) is 18.6 Å². The molecule has 0 bridgehead atoms. The normalized spacial score (nSPS) is 35.6. The van der Waals surface area contributed by atoms with Gasteiger partial charge in [-0.05, 0) is 56.9 Å². The van der Waals surface area contributed by atoms with Crippen molar-refractivity contribution in [2.45, 2.75) is 57.9 Å². The lowest BCUT2D eigenvalue weighted by Gasteiger charge is -2.47. The molecule has 0 radical (unpaired) electrons. The Bertz CT molecular complexity index is 215. The molecule has 2 N–H and O–H groups in total. The number of hydrogen-bond donors (Lipinski definition) is 1. The van der Waals surface area contributed by atoms with Crippen LogP contribution in [-0.2, 0) is 0 Å². The second-order valence-electron chi connectivity index (χ2n) is 6.09. The quantitative estimate of drug-likeness (QED) is 0.778. The van der Waals surface area contributed by atoms with E-state index in [-0.39, 0.29) is 0 Å². The molecule has 2 aliphatic carbocycles. The van der Waals surface area contributed by atoms with Gasteiger partial charge in [0.2, 0.25) is 0 Å². The molecule has 0 heterocycles. The summed E-state index contributed by atoms with van der Waals surface area (Å²) in [6, 6.07) is 0. The SMILES string of the molecule is CCN(CC1CC1)C1(CN)CCC(C)CC1. The molecule has 2 fully saturated rings. The van der Waals surface area contributed by atoms with Crippen LogP contribution in [0.25, 0.3) is 0 Å². The highest BCUT2D eigenvalue weighted by molar-refractivity contribution is 4.96. The maximum atomic E-state index is 6.11. The molecule has 2 saturated carbocycles. The topological polar surface area (TPSA) is 29.3 Å². The molecule has 2 nitrogen and oxygen atoms in total. The average Bonchev–Trinajstić information content (AvgIpc) is 3.12. The highest BCUT2D eigenvalue weighted by atomic mass is 15.2. The summed E-state index contributed by atoms with van der Waals surface area (Å²) in [5.74, 6) is 1.90. The van der Waals surface area contributed by atoms with Gasteiger partial charge < -0.3 is 5.73 Å². The summed E-state index contributed by atoms with van der Waals surface area (Å²) in [6.45, 7) is 8.04. The fraction of sp³-hybridized carbons (Fsp3) is 1.00. The van der Waals surface area contributed by atoms with Gasteiger partial charge in [0.1, 0.15) is 0 Å². The Morgan fingerprint density at radius 1 is 1.19 bits per heavy atom. The molecule has 0 aromatic carbocycles. The average molecular weight is 224 g/mol. The highest BCUT2D eigenvalue weighted by Crippen LogP contribution is 2.38. The Balaban J connectivity index is 1.99. The Morgan fingerprint density at radius 3 is 2.25 bits per heavy atom. The smallest absolute Gasteiger partial charge is 0.0331 e. The molecule has 0 unspecified atom stereocenters. The van der Waals surface area contributed by atoms with E-state index in [1.54, 1.807) is 0 Å². The van der Waals surface area contributed by atoms with Gasteiger partial charge in [-0.25, -0.2) is 0 Å². The summed E-state index contributed by atoms with van der Waals surface area (Å²) >= 11 is 0. The first kappa shape index (κ1) is 12.4. The van der Waals surface area contributed by atoms with Crippen LogP contribution in [0.3, 0.4) is 0 Å². The second-order valence-corrected chi connectivity index (χ2v) is 6.09. The molecule has 0 aromatic rings. The molecule has 16 heavy (non-hydrogen) atoms. The first-order chi connectivity index (χ1) is 7.70. The van der Waals surface area contributed by atoms with E-state index >= 15 is 0 Å². The molecule has 2 heteroatoms. The standard InChI is InChI=1S/C14H28N2/c1-3-16(10-13-4-5-13)14(11-15)8-6-12(2)7-9-14/h12-13H,3-11,15H2,1-2H3. The predicted octanol–water partition coefficient (Wildman–Crippen LogP) is 2.63. The Morgan fingerprint density at radius 2 is 1.81 bits per heavy atom. The van der Waals surface area contributed by atoms with Gasteiger partial charge in [0.05, 0.1) is 0 Å². The maximum Gasteiger partial charge on any atom is 0.0331 e. The summed E-state index contributed by atoms with van der Waals surface area (Å²) < 4.78 is 0. The number of nitrogens with two attached hydrogens (primary N) is 1. The Labute approximate surface area is 101 Å². The zero-order valence-corrected chi connectivity index (χ0v) is 11.0. The van der Waals surface area contributed by atoms with Crippen molar-refractivity contribution in [1.82, 2.24) is 4.90 Å². The van der Waals surface area contributed by atoms with Crippen LogP contribution >= 0.6 is 0 Å².